The lowest BCUT2D eigenvalue weighted by Gasteiger charge is -2.22. The van der Waals surface area contributed by atoms with Crippen molar-refractivity contribution < 1.29 is 14.3 Å². The van der Waals surface area contributed by atoms with Crippen molar-refractivity contribution in [2.75, 3.05) is 19.8 Å². The minimum absolute atomic E-state index is 0.0492. The number of H-pyrrole nitrogens is 1. The largest absolute Gasteiger partial charge is 0.462 e. The third-order valence-electron chi connectivity index (χ3n) is 4.06. The van der Waals surface area contributed by atoms with E-state index < -0.39 is 11.5 Å². The number of ether oxygens (including phenoxy) is 2. The van der Waals surface area contributed by atoms with Crippen LogP contribution in [0.25, 0.3) is 10.9 Å². The van der Waals surface area contributed by atoms with Crippen LogP contribution >= 0.6 is 0 Å². The van der Waals surface area contributed by atoms with Crippen molar-refractivity contribution >= 4 is 16.9 Å². The fraction of sp³-hybridized carbons (Fsp3) is 0.412. The molecule has 1 aliphatic rings. The maximum atomic E-state index is 12.1. The number of carbonyl (C=O) groups excluding carboxylic acids is 1. The number of aromatic amines is 1. The Labute approximate surface area is 128 Å². The molecule has 0 amide bonds. The van der Waals surface area contributed by atoms with Crippen LogP contribution in [0.2, 0.25) is 0 Å². The molecular formula is C17H19NO4. The monoisotopic (exact) mass is 301 g/mol. The van der Waals surface area contributed by atoms with E-state index in [1.54, 1.807) is 13.0 Å². The molecular weight excluding hydrogens is 282 g/mol. The summed E-state index contributed by atoms with van der Waals surface area (Å²) in [7, 11) is 0. The van der Waals surface area contributed by atoms with E-state index in [1.165, 1.54) is 5.56 Å². The van der Waals surface area contributed by atoms with Crippen LogP contribution in [0.5, 0.6) is 0 Å². The number of nitrogens with one attached hydrogen (secondary N) is 1. The zero-order valence-electron chi connectivity index (χ0n) is 12.6. The number of pyridine rings is 1. The number of hydrogen-bond acceptors (Lipinski definition) is 4. The lowest BCUT2D eigenvalue weighted by Crippen LogP contribution is -2.19. The SMILES string of the molecule is CCOC(=O)c1cc2ccc(C3CCOCC3)cc2[nH]c1=O. The molecule has 5 heteroatoms. The molecule has 1 aromatic carbocycles. The van der Waals surface area contributed by atoms with Gasteiger partial charge in [0.15, 0.2) is 0 Å². The number of esters is 1. The summed E-state index contributed by atoms with van der Waals surface area (Å²) in [6.45, 7) is 3.52. The zero-order valence-corrected chi connectivity index (χ0v) is 12.6. The number of rotatable bonds is 3. The van der Waals surface area contributed by atoms with Gasteiger partial charge in [-0.25, -0.2) is 4.79 Å². The van der Waals surface area contributed by atoms with E-state index in [1.807, 2.05) is 12.1 Å². The topological polar surface area (TPSA) is 68.4 Å². The van der Waals surface area contributed by atoms with E-state index in [0.717, 1.165) is 37.0 Å². The first-order valence-corrected chi connectivity index (χ1v) is 7.61. The predicted octanol–water partition coefficient (Wildman–Crippen LogP) is 2.60. The van der Waals surface area contributed by atoms with Gasteiger partial charge in [0.25, 0.3) is 5.56 Å². The Hall–Kier alpha value is -2.14. The van der Waals surface area contributed by atoms with Crippen LogP contribution in [0, 0.1) is 0 Å². The summed E-state index contributed by atoms with van der Waals surface area (Å²) >= 11 is 0. The molecule has 1 aliphatic heterocycles. The van der Waals surface area contributed by atoms with Gasteiger partial charge in [0.2, 0.25) is 0 Å². The Morgan fingerprint density at radius 2 is 2.09 bits per heavy atom. The van der Waals surface area contributed by atoms with Crippen molar-refractivity contribution in [3.8, 4) is 0 Å². The molecule has 0 bridgehead atoms. The number of benzene rings is 1. The summed E-state index contributed by atoms with van der Waals surface area (Å²) in [5.41, 5.74) is 1.60. The molecule has 0 atom stereocenters. The van der Waals surface area contributed by atoms with Gasteiger partial charge >= 0.3 is 5.97 Å². The highest BCUT2D eigenvalue weighted by Gasteiger charge is 2.17. The molecule has 1 saturated heterocycles. The molecule has 1 fully saturated rings. The summed E-state index contributed by atoms with van der Waals surface area (Å²) in [5, 5.41) is 0.832. The summed E-state index contributed by atoms with van der Waals surface area (Å²) in [5.74, 6) is -0.120. The second kappa shape index (κ2) is 6.32. The van der Waals surface area contributed by atoms with Gasteiger partial charge in [-0.2, -0.15) is 0 Å². The summed E-state index contributed by atoms with van der Waals surface area (Å²) in [4.78, 5) is 26.6. The highest BCUT2D eigenvalue weighted by molar-refractivity contribution is 5.93. The smallest absolute Gasteiger partial charge is 0.343 e. The highest BCUT2D eigenvalue weighted by Crippen LogP contribution is 2.28. The van der Waals surface area contributed by atoms with Crippen LogP contribution in [0.15, 0.2) is 29.1 Å². The molecule has 5 nitrogen and oxygen atoms in total. The average molecular weight is 301 g/mol. The molecule has 0 spiro atoms. The first kappa shape index (κ1) is 14.8. The van der Waals surface area contributed by atoms with Crippen LogP contribution in [0.1, 0.15) is 41.6 Å². The fourth-order valence-corrected chi connectivity index (χ4v) is 2.86. The Morgan fingerprint density at radius 1 is 1.32 bits per heavy atom. The van der Waals surface area contributed by atoms with Gasteiger partial charge in [-0.15, -0.1) is 0 Å². The van der Waals surface area contributed by atoms with Gasteiger partial charge in [0, 0.05) is 18.7 Å². The van der Waals surface area contributed by atoms with Gasteiger partial charge in [-0.1, -0.05) is 12.1 Å². The summed E-state index contributed by atoms with van der Waals surface area (Å²) in [6, 6.07) is 7.60. The van der Waals surface area contributed by atoms with Gasteiger partial charge in [0.05, 0.1) is 6.61 Å². The van der Waals surface area contributed by atoms with Crippen molar-refractivity contribution in [2.45, 2.75) is 25.7 Å². The van der Waals surface area contributed by atoms with Crippen molar-refractivity contribution in [1.29, 1.82) is 0 Å². The van der Waals surface area contributed by atoms with Crippen molar-refractivity contribution in [2.24, 2.45) is 0 Å². The van der Waals surface area contributed by atoms with E-state index in [0.29, 0.717) is 5.92 Å². The molecule has 0 saturated carbocycles. The number of hydrogen-bond donors (Lipinski definition) is 1. The van der Waals surface area contributed by atoms with Crippen LogP contribution in [0.4, 0.5) is 0 Å². The molecule has 0 aliphatic carbocycles. The third-order valence-corrected chi connectivity index (χ3v) is 4.06. The predicted molar refractivity (Wildman–Crippen MR) is 83.3 cm³/mol. The molecule has 2 heterocycles. The molecule has 1 N–H and O–H groups in total. The van der Waals surface area contributed by atoms with E-state index in [2.05, 4.69) is 11.1 Å². The van der Waals surface area contributed by atoms with Gasteiger partial charge < -0.3 is 14.5 Å². The number of fused-ring (bicyclic) bond motifs is 1. The lowest BCUT2D eigenvalue weighted by atomic mass is 9.91. The van der Waals surface area contributed by atoms with Gasteiger partial charge in [0.1, 0.15) is 5.56 Å². The molecule has 0 unspecified atom stereocenters. The summed E-state index contributed by atoms with van der Waals surface area (Å²) in [6.07, 6.45) is 1.99. The molecule has 3 rings (SSSR count). The van der Waals surface area contributed by atoms with Crippen LogP contribution in [-0.2, 0) is 9.47 Å². The van der Waals surface area contributed by atoms with E-state index in [9.17, 15) is 9.59 Å². The number of carbonyl (C=O) groups is 1. The van der Waals surface area contributed by atoms with E-state index >= 15 is 0 Å². The molecule has 2 aromatic rings. The van der Waals surface area contributed by atoms with E-state index in [-0.39, 0.29) is 12.2 Å². The molecule has 0 radical (unpaired) electrons. The maximum absolute atomic E-state index is 12.1. The van der Waals surface area contributed by atoms with Gasteiger partial charge in [-0.05, 0) is 48.8 Å². The summed E-state index contributed by atoms with van der Waals surface area (Å²) < 4.78 is 10.3. The zero-order chi connectivity index (χ0) is 15.5. The van der Waals surface area contributed by atoms with E-state index in [4.69, 9.17) is 9.47 Å². The number of aromatic nitrogens is 1. The fourth-order valence-electron chi connectivity index (χ4n) is 2.86. The normalized spacial score (nSPS) is 15.9. The first-order chi connectivity index (χ1) is 10.7. The Kier molecular flexibility index (Phi) is 4.24. The Bertz CT molecular complexity index is 744. The van der Waals surface area contributed by atoms with Crippen LogP contribution in [-0.4, -0.2) is 30.8 Å². The van der Waals surface area contributed by atoms with Crippen molar-refractivity contribution in [1.82, 2.24) is 4.98 Å². The standard InChI is InChI=1S/C17H19NO4/c1-2-22-17(20)14-9-13-4-3-12(10-15(13)18-16(14)19)11-5-7-21-8-6-11/h3-4,9-11H,2,5-8H2,1H3,(H,18,19). The quantitative estimate of drug-likeness (QED) is 0.885. The van der Waals surface area contributed by atoms with Gasteiger partial charge in [-0.3, -0.25) is 4.79 Å². The second-order valence-corrected chi connectivity index (χ2v) is 5.47. The molecule has 116 valence electrons. The third kappa shape index (κ3) is 2.90. The van der Waals surface area contributed by atoms with Crippen molar-refractivity contribution in [3.05, 3.63) is 45.7 Å². The molecule has 1 aromatic heterocycles. The average Bonchev–Trinajstić information content (AvgIpc) is 2.54. The first-order valence-electron chi connectivity index (χ1n) is 7.61. The lowest BCUT2D eigenvalue weighted by molar-refractivity contribution is 0.0524. The second-order valence-electron chi connectivity index (χ2n) is 5.47. The van der Waals surface area contributed by atoms with Crippen molar-refractivity contribution in [3.63, 3.8) is 0 Å². The minimum Gasteiger partial charge on any atom is -0.462 e. The molecule has 22 heavy (non-hydrogen) atoms. The maximum Gasteiger partial charge on any atom is 0.343 e. The highest BCUT2D eigenvalue weighted by atomic mass is 16.5. The Balaban J connectivity index is 1.98. The van der Waals surface area contributed by atoms with Crippen LogP contribution in [0.3, 0.4) is 0 Å². The van der Waals surface area contributed by atoms with Crippen LogP contribution < -0.4 is 5.56 Å². The minimum atomic E-state index is -0.584. The Morgan fingerprint density at radius 3 is 2.82 bits per heavy atom.